The second-order valence-corrected chi connectivity index (χ2v) is 9.99. The fourth-order valence-electron chi connectivity index (χ4n) is 4.51. The summed E-state index contributed by atoms with van der Waals surface area (Å²) >= 11 is 0. The van der Waals surface area contributed by atoms with E-state index in [1.54, 1.807) is 16.6 Å². The van der Waals surface area contributed by atoms with Gasteiger partial charge in [0.05, 0.1) is 6.20 Å². The van der Waals surface area contributed by atoms with Gasteiger partial charge in [-0.25, -0.2) is 0 Å². The number of rotatable bonds is 9. The standard InChI is InChI=1S/C29H34N8O2/c1-4-26(38)33-22-8-6-10-24(16-22)39-23-9-5-7-20(15-23)17-31-28-35-29(36-13-11-21(30)12-14-36)34-27-25(19(2)3)18-32-37(27)28/h4-10,15-16,18-19,21H,1,11-14,17,30H2,2-3H3,(H,33,38)(H,31,34,35). The summed E-state index contributed by atoms with van der Waals surface area (Å²) in [5, 5.41) is 10.8. The summed E-state index contributed by atoms with van der Waals surface area (Å²) in [7, 11) is 0. The second-order valence-electron chi connectivity index (χ2n) is 9.99. The highest BCUT2D eigenvalue weighted by Crippen LogP contribution is 2.27. The Labute approximate surface area is 227 Å². The summed E-state index contributed by atoms with van der Waals surface area (Å²) in [6.45, 7) is 9.94. The first-order valence-electron chi connectivity index (χ1n) is 13.2. The Morgan fingerprint density at radius 1 is 1.15 bits per heavy atom. The molecule has 5 rings (SSSR count). The van der Waals surface area contributed by atoms with E-state index in [1.165, 1.54) is 6.08 Å². The molecule has 1 amide bonds. The molecular weight excluding hydrogens is 492 g/mol. The summed E-state index contributed by atoms with van der Waals surface area (Å²) < 4.78 is 7.84. The van der Waals surface area contributed by atoms with Crippen LogP contribution < -0.4 is 26.0 Å². The predicted molar refractivity (Wildman–Crippen MR) is 153 cm³/mol. The van der Waals surface area contributed by atoms with Gasteiger partial charge in [-0.3, -0.25) is 4.79 Å². The van der Waals surface area contributed by atoms with Crippen LogP contribution in [0.25, 0.3) is 5.65 Å². The van der Waals surface area contributed by atoms with Crippen LogP contribution in [0.2, 0.25) is 0 Å². The van der Waals surface area contributed by atoms with Crippen LogP contribution in [0.1, 0.15) is 43.7 Å². The summed E-state index contributed by atoms with van der Waals surface area (Å²) in [4.78, 5) is 23.6. The van der Waals surface area contributed by atoms with Gasteiger partial charge in [-0.05, 0) is 54.7 Å². The molecular formula is C29H34N8O2. The number of nitrogens with zero attached hydrogens (tertiary/aromatic N) is 5. The summed E-state index contributed by atoms with van der Waals surface area (Å²) in [6, 6.07) is 15.3. The third kappa shape index (κ3) is 6.18. The molecule has 0 unspecified atom stereocenters. The van der Waals surface area contributed by atoms with E-state index in [0.717, 1.165) is 42.7 Å². The molecule has 1 aliphatic rings. The van der Waals surface area contributed by atoms with Crippen molar-refractivity contribution < 1.29 is 9.53 Å². The Kier molecular flexibility index (Phi) is 7.74. The van der Waals surface area contributed by atoms with Crippen molar-refractivity contribution in [1.82, 2.24) is 19.6 Å². The van der Waals surface area contributed by atoms with Crippen molar-refractivity contribution in [3.05, 3.63) is 78.5 Å². The van der Waals surface area contributed by atoms with Crippen LogP contribution >= 0.6 is 0 Å². The third-order valence-electron chi connectivity index (χ3n) is 6.70. The second kappa shape index (κ2) is 11.5. The van der Waals surface area contributed by atoms with Crippen molar-refractivity contribution in [3.63, 3.8) is 0 Å². The molecule has 0 saturated carbocycles. The molecule has 0 spiro atoms. The predicted octanol–water partition coefficient (Wildman–Crippen LogP) is 4.70. The van der Waals surface area contributed by atoms with Gasteiger partial charge < -0.3 is 26.0 Å². The number of anilines is 3. The van der Waals surface area contributed by atoms with Gasteiger partial charge in [0.15, 0.2) is 5.65 Å². The van der Waals surface area contributed by atoms with E-state index in [-0.39, 0.29) is 17.9 Å². The van der Waals surface area contributed by atoms with E-state index in [4.69, 9.17) is 20.4 Å². The Bertz CT molecular complexity index is 1470. The molecule has 4 N–H and O–H groups in total. The molecule has 2 aromatic heterocycles. The molecule has 1 saturated heterocycles. The van der Waals surface area contributed by atoms with Crippen molar-refractivity contribution in [2.24, 2.45) is 5.73 Å². The van der Waals surface area contributed by atoms with Crippen molar-refractivity contribution in [1.29, 1.82) is 0 Å². The molecule has 3 heterocycles. The molecule has 202 valence electrons. The summed E-state index contributed by atoms with van der Waals surface area (Å²) in [5.74, 6) is 2.63. The van der Waals surface area contributed by atoms with E-state index in [9.17, 15) is 4.79 Å². The van der Waals surface area contributed by atoms with Gasteiger partial charge in [-0.2, -0.15) is 19.6 Å². The number of nitrogens with two attached hydrogens (primary N) is 1. The molecule has 1 aliphatic heterocycles. The van der Waals surface area contributed by atoms with Crippen LogP contribution in [0.4, 0.5) is 17.6 Å². The molecule has 4 aromatic rings. The highest BCUT2D eigenvalue weighted by atomic mass is 16.5. The quantitative estimate of drug-likeness (QED) is 0.268. The van der Waals surface area contributed by atoms with Gasteiger partial charge in [0.2, 0.25) is 17.8 Å². The minimum atomic E-state index is -0.274. The largest absolute Gasteiger partial charge is 0.457 e. The van der Waals surface area contributed by atoms with E-state index in [1.807, 2.05) is 42.6 Å². The van der Waals surface area contributed by atoms with Crippen LogP contribution in [0.3, 0.4) is 0 Å². The average Bonchev–Trinajstić information content (AvgIpc) is 3.37. The smallest absolute Gasteiger partial charge is 0.247 e. The van der Waals surface area contributed by atoms with Crippen LogP contribution in [-0.4, -0.2) is 44.6 Å². The maximum atomic E-state index is 11.6. The topological polar surface area (TPSA) is 123 Å². The Balaban J connectivity index is 1.35. The number of ether oxygens (including phenoxy) is 1. The molecule has 2 aromatic carbocycles. The fraction of sp³-hybridized carbons (Fsp3) is 0.310. The first-order chi connectivity index (χ1) is 18.9. The summed E-state index contributed by atoms with van der Waals surface area (Å²) in [5.41, 5.74) is 9.66. The number of benzene rings is 2. The number of piperidine rings is 1. The number of carbonyl (C=O) groups is 1. The van der Waals surface area contributed by atoms with Crippen LogP contribution in [0.15, 0.2) is 67.4 Å². The normalized spacial score (nSPS) is 14.0. The van der Waals surface area contributed by atoms with E-state index in [0.29, 0.717) is 35.6 Å². The van der Waals surface area contributed by atoms with Crippen molar-refractivity contribution in [3.8, 4) is 11.5 Å². The van der Waals surface area contributed by atoms with E-state index >= 15 is 0 Å². The molecule has 0 aliphatic carbocycles. The molecule has 39 heavy (non-hydrogen) atoms. The van der Waals surface area contributed by atoms with Gasteiger partial charge in [0.1, 0.15) is 11.5 Å². The number of amides is 1. The highest BCUT2D eigenvalue weighted by molar-refractivity contribution is 5.98. The van der Waals surface area contributed by atoms with E-state index in [2.05, 4.69) is 41.1 Å². The number of hydrogen-bond acceptors (Lipinski definition) is 8. The monoisotopic (exact) mass is 526 g/mol. The van der Waals surface area contributed by atoms with Crippen molar-refractivity contribution >= 4 is 29.1 Å². The van der Waals surface area contributed by atoms with Gasteiger partial charge in [-0.15, -0.1) is 0 Å². The molecule has 0 radical (unpaired) electrons. The van der Waals surface area contributed by atoms with E-state index < -0.39 is 0 Å². The Morgan fingerprint density at radius 3 is 2.64 bits per heavy atom. The highest BCUT2D eigenvalue weighted by Gasteiger charge is 2.22. The number of nitrogens with one attached hydrogen (secondary N) is 2. The molecule has 10 nitrogen and oxygen atoms in total. The minimum absolute atomic E-state index is 0.228. The SMILES string of the molecule is C=CC(=O)Nc1cccc(Oc2cccc(CNc3nc(N4CCC(N)CC4)nc4c(C(C)C)cnn34)c2)c1. The number of hydrogen-bond donors (Lipinski definition) is 3. The van der Waals surface area contributed by atoms with Gasteiger partial charge in [0.25, 0.3) is 0 Å². The lowest BCUT2D eigenvalue weighted by atomic mass is 10.1. The molecule has 1 fully saturated rings. The maximum absolute atomic E-state index is 11.6. The molecule has 0 atom stereocenters. The Morgan fingerprint density at radius 2 is 1.90 bits per heavy atom. The van der Waals surface area contributed by atoms with Crippen molar-refractivity contribution in [2.75, 3.05) is 28.6 Å². The van der Waals surface area contributed by atoms with Gasteiger partial charge in [0, 0.05) is 43.0 Å². The summed E-state index contributed by atoms with van der Waals surface area (Å²) in [6.07, 6.45) is 4.94. The minimum Gasteiger partial charge on any atom is -0.457 e. The van der Waals surface area contributed by atoms with Crippen LogP contribution in [-0.2, 0) is 11.3 Å². The van der Waals surface area contributed by atoms with Crippen LogP contribution in [0, 0.1) is 0 Å². The zero-order valence-corrected chi connectivity index (χ0v) is 22.3. The van der Waals surface area contributed by atoms with Gasteiger partial charge in [-0.1, -0.05) is 38.6 Å². The number of aromatic nitrogens is 4. The fourth-order valence-corrected chi connectivity index (χ4v) is 4.51. The number of fused-ring (bicyclic) bond motifs is 1. The average molecular weight is 527 g/mol. The zero-order chi connectivity index (χ0) is 27.4. The Hall–Kier alpha value is -4.44. The third-order valence-corrected chi connectivity index (χ3v) is 6.70. The van der Waals surface area contributed by atoms with Crippen molar-refractivity contribution in [2.45, 2.75) is 45.2 Å². The first-order valence-corrected chi connectivity index (χ1v) is 13.2. The maximum Gasteiger partial charge on any atom is 0.247 e. The number of carbonyl (C=O) groups excluding carboxylic acids is 1. The zero-order valence-electron chi connectivity index (χ0n) is 22.3. The lowest BCUT2D eigenvalue weighted by Gasteiger charge is -2.30. The molecule has 10 heteroatoms. The molecule has 0 bridgehead atoms. The lowest BCUT2D eigenvalue weighted by molar-refractivity contribution is -0.111. The van der Waals surface area contributed by atoms with Gasteiger partial charge >= 0.3 is 0 Å². The first kappa shape index (κ1) is 26.2. The van der Waals surface area contributed by atoms with Crippen LogP contribution in [0.5, 0.6) is 11.5 Å². The lowest BCUT2D eigenvalue weighted by Crippen LogP contribution is -2.40.